The molecule has 5 heterocycles. The van der Waals surface area contributed by atoms with Gasteiger partial charge in [0.05, 0.1) is 11.4 Å². The van der Waals surface area contributed by atoms with E-state index in [1.165, 1.54) is 107 Å². The molecule has 56 heavy (non-hydrogen) atoms. The molecule has 0 amide bonds. The van der Waals surface area contributed by atoms with Gasteiger partial charge < -0.3 is 9.71 Å². The van der Waals surface area contributed by atoms with Crippen molar-refractivity contribution >= 4 is 117 Å². The Labute approximate surface area is 337 Å². The van der Waals surface area contributed by atoms with Crippen LogP contribution in [0.3, 0.4) is 0 Å². The highest BCUT2D eigenvalue weighted by atomic mass is 32.1. The quantitative estimate of drug-likeness (QED) is 0.162. The summed E-state index contributed by atoms with van der Waals surface area (Å²) in [7, 11) is -2.05. The molecular formula is C50H39BN2S2Si. The predicted octanol–water partition coefficient (Wildman–Crippen LogP) is 12.1. The molecule has 0 unspecified atom stereocenters. The van der Waals surface area contributed by atoms with Crippen molar-refractivity contribution in [3.63, 3.8) is 0 Å². The highest BCUT2D eigenvalue weighted by Gasteiger charge is 2.52. The van der Waals surface area contributed by atoms with Crippen molar-refractivity contribution in [3.05, 3.63) is 151 Å². The zero-order chi connectivity index (χ0) is 37.7. The largest absolute Gasteiger partial charge is 0.376 e. The fraction of sp³-hybridized carbons (Fsp3) is 0.120. The van der Waals surface area contributed by atoms with Gasteiger partial charge in [-0.25, -0.2) is 0 Å². The molecule has 0 saturated carbocycles. The van der Waals surface area contributed by atoms with Gasteiger partial charge in [0.15, 0.2) is 0 Å². The number of fused-ring (bicyclic) bond motifs is 12. The topological polar surface area (TPSA) is 6.48 Å². The number of nitrogens with zero attached hydrogens (tertiary/aromatic N) is 2. The molecule has 6 heteroatoms. The first kappa shape index (κ1) is 32.8. The summed E-state index contributed by atoms with van der Waals surface area (Å²) in [5.74, 6) is 0. The fourth-order valence-corrected chi connectivity index (χ4v) is 15.6. The zero-order valence-electron chi connectivity index (χ0n) is 32.1. The van der Waals surface area contributed by atoms with Crippen LogP contribution in [0.2, 0.25) is 13.1 Å². The first-order valence-electron chi connectivity index (χ1n) is 19.7. The van der Waals surface area contributed by atoms with Crippen molar-refractivity contribution in [1.82, 2.24) is 0 Å². The highest BCUT2D eigenvalue weighted by molar-refractivity contribution is 7.32. The minimum Gasteiger partial charge on any atom is -0.376 e. The molecule has 2 nitrogen and oxygen atoms in total. The third kappa shape index (κ3) is 4.27. The lowest BCUT2D eigenvalue weighted by Crippen LogP contribution is -2.68. The lowest BCUT2D eigenvalue weighted by molar-refractivity contribution is 0.590. The maximum Gasteiger partial charge on any atom is 0.343 e. The minimum atomic E-state index is -2.05. The monoisotopic (exact) mass is 770 g/mol. The molecule has 7 aromatic carbocycles. The van der Waals surface area contributed by atoms with Crippen LogP contribution in [0.15, 0.2) is 146 Å². The van der Waals surface area contributed by atoms with Gasteiger partial charge in [-0.05, 0) is 74.3 Å². The van der Waals surface area contributed by atoms with Crippen LogP contribution in [0.4, 0.5) is 28.4 Å². The second-order valence-electron chi connectivity index (χ2n) is 17.3. The van der Waals surface area contributed by atoms with Gasteiger partial charge in [0.1, 0.15) is 8.07 Å². The van der Waals surface area contributed by atoms with E-state index in [2.05, 4.69) is 189 Å². The standard InChI is InChI=1S/C50H39BN2S2Si/c1-50(2,3)31-26-27-36(35(28-31)30-16-7-6-8-17-30)52-38-29-41-44(32-18-9-12-22-39(32)54-41)45-34-20-15-25-43-47(34)53(37-21-11-14-24-42(37)56(43,4)5)51(46(38)45)49-48(52)33-19-10-13-23-40(33)55-49/h6-29H,1-5H3. The summed E-state index contributed by atoms with van der Waals surface area (Å²) >= 11 is 3.92. The summed E-state index contributed by atoms with van der Waals surface area (Å²) in [6.07, 6.45) is 0. The van der Waals surface area contributed by atoms with Crippen molar-refractivity contribution < 1.29 is 0 Å². The molecule has 3 aliphatic heterocycles. The summed E-state index contributed by atoms with van der Waals surface area (Å²) in [6.45, 7) is 12.1. The Hall–Kier alpha value is -5.40. The zero-order valence-corrected chi connectivity index (χ0v) is 34.8. The maximum atomic E-state index is 2.77. The van der Waals surface area contributed by atoms with Gasteiger partial charge in [-0.15, -0.1) is 22.7 Å². The number of anilines is 5. The molecule has 0 fully saturated rings. The van der Waals surface area contributed by atoms with Gasteiger partial charge in [0.2, 0.25) is 0 Å². The van der Waals surface area contributed by atoms with Gasteiger partial charge >= 0.3 is 6.85 Å². The highest BCUT2D eigenvalue weighted by Crippen LogP contribution is 2.55. The van der Waals surface area contributed by atoms with E-state index in [0.717, 1.165) is 0 Å². The summed E-state index contributed by atoms with van der Waals surface area (Å²) < 4.78 is 5.43. The van der Waals surface area contributed by atoms with Crippen molar-refractivity contribution in [3.8, 4) is 22.3 Å². The number of rotatable bonds is 2. The van der Waals surface area contributed by atoms with Crippen molar-refractivity contribution in [1.29, 1.82) is 0 Å². The van der Waals surface area contributed by atoms with Crippen LogP contribution >= 0.6 is 22.7 Å². The lowest BCUT2D eigenvalue weighted by Gasteiger charge is -2.50. The molecule has 0 bridgehead atoms. The van der Waals surface area contributed by atoms with E-state index >= 15 is 0 Å². The molecule has 9 aromatic rings. The Morgan fingerprint density at radius 1 is 0.554 bits per heavy atom. The lowest BCUT2D eigenvalue weighted by atomic mass is 9.46. The van der Waals surface area contributed by atoms with Gasteiger partial charge in [0, 0.05) is 63.2 Å². The molecule has 3 aliphatic rings. The van der Waals surface area contributed by atoms with Crippen LogP contribution in [0.25, 0.3) is 52.5 Å². The van der Waals surface area contributed by atoms with E-state index in [0.29, 0.717) is 0 Å². The molecule has 0 aliphatic carbocycles. The first-order chi connectivity index (χ1) is 27.2. The van der Waals surface area contributed by atoms with E-state index in [1.807, 2.05) is 22.7 Å². The van der Waals surface area contributed by atoms with E-state index in [9.17, 15) is 0 Å². The van der Waals surface area contributed by atoms with Crippen LogP contribution in [0, 0.1) is 0 Å². The van der Waals surface area contributed by atoms with Gasteiger partial charge in [-0.2, -0.15) is 0 Å². The van der Waals surface area contributed by atoms with Gasteiger partial charge in [0.25, 0.3) is 0 Å². The van der Waals surface area contributed by atoms with Crippen molar-refractivity contribution in [2.45, 2.75) is 39.3 Å². The SMILES string of the molecule is CC(C)(C)c1ccc(N2c3cc4sc5ccccc5c4c4c3B(c3sc5ccccc5c32)N2c3ccccc3[Si](C)(C)c3cccc-4c32)c(-c2ccccc2)c1. The van der Waals surface area contributed by atoms with Crippen LogP contribution in [0.5, 0.6) is 0 Å². The Morgan fingerprint density at radius 3 is 2.05 bits per heavy atom. The van der Waals surface area contributed by atoms with E-state index in [-0.39, 0.29) is 12.3 Å². The summed E-state index contributed by atoms with van der Waals surface area (Å²) in [4.78, 5) is 5.45. The fourth-order valence-electron chi connectivity index (χ4n) is 10.1. The molecule has 0 radical (unpaired) electrons. The first-order valence-corrected chi connectivity index (χ1v) is 24.4. The van der Waals surface area contributed by atoms with Crippen LogP contribution in [0.1, 0.15) is 26.3 Å². The smallest absolute Gasteiger partial charge is 0.343 e. The Balaban J connectivity index is 1.29. The summed E-state index contributed by atoms with van der Waals surface area (Å²) in [5.41, 5.74) is 14.7. The molecule has 0 atom stereocenters. The number of para-hydroxylation sites is 2. The van der Waals surface area contributed by atoms with E-state index < -0.39 is 8.07 Å². The summed E-state index contributed by atoms with van der Waals surface area (Å²) in [5, 5.41) is 7.12. The second-order valence-corrected chi connectivity index (χ2v) is 23.8. The van der Waals surface area contributed by atoms with Crippen LogP contribution in [-0.4, -0.2) is 14.9 Å². The molecular weight excluding hydrogens is 732 g/mol. The predicted molar refractivity (Wildman–Crippen MR) is 249 cm³/mol. The number of hydrogen-bond donors (Lipinski definition) is 0. The van der Waals surface area contributed by atoms with Crippen molar-refractivity contribution in [2.24, 2.45) is 0 Å². The number of benzene rings is 7. The second kappa shape index (κ2) is 11.4. The Kier molecular flexibility index (Phi) is 6.65. The molecule has 0 saturated heterocycles. The Bertz CT molecular complexity index is 3130. The molecule has 0 N–H and O–H groups in total. The van der Waals surface area contributed by atoms with E-state index in [1.54, 1.807) is 0 Å². The normalized spacial score (nSPS) is 14.9. The molecule has 0 spiro atoms. The number of thiophene rings is 2. The minimum absolute atomic E-state index is 0.00457. The van der Waals surface area contributed by atoms with Crippen LogP contribution < -0.4 is 30.3 Å². The van der Waals surface area contributed by atoms with Gasteiger partial charge in [-0.1, -0.05) is 143 Å². The maximum absolute atomic E-state index is 2.77. The third-order valence-corrected chi connectivity index (χ3v) is 18.6. The molecule has 268 valence electrons. The van der Waals surface area contributed by atoms with Gasteiger partial charge in [-0.3, -0.25) is 0 Å². The average Bonchev–Trinajstić information content (AvgIpc) is 3.79. The van der Waals surface area contributed by atoms with Crippen molar-refractivity contribution in [2.75, 3.05) is 9.71 Å². The summed E-state index contributed by atoms with van der Waals surface area (Å²) in [6, 6.07) is 55.6. The van der Waals surface area contributed by atoms with Crippen LogP contribution in [-0.2, 0) is 5.41 Å². The average molecular weight is 771 g/mol. The Morgan fingerprint density at radius 2 is 1.25 bits per heavy atom. The molecule has 12 rings (SSSR count). The molecule has 2 aromatic heterocycles. The number of hydrogen-bond acceptors (Lipinski definition) is 4. The third-order valence-electron chi connectivity index (χ3n) is 12.8. The van der Waals surface area contributed by atoms with E-state index in [4.69, 9.17) is 0 Å².